The highest BCUT2D eigenvalue weighted by Gasteiger charge is 2.23. The van der Waals surface area contributed by atoms with Crippen molar-refractivity contribution in [1.29, 1.82) is 0 Å². The van der Waals surface area contributed by atoms with Crippen LogP contribution >= 0.6 is 0 Å². The summed E-state index contributed by atoms with van der Waals surface area (Å²) in [6, 6.07) is 18.1. The van der Waals surface area contributed by atoms with Crippen molar-refractivity contribution in [3.63, 3.8) is 0 Å². The molecule has 0 saturated carbocycles. The molecule has 3 aromatic rings. The molecule has 0 amide bonds. The van der Waals surface area contributed by atoms with E-state index >= 15 is 0 Å². The van der Waals surface area contributed by atoms with Gasteiger partial charge in [-0.1, -0.05) is 53.7 Å². The van der Waals surface area contributed by atoms with Crippen molar-refractivity contribution in [2.24, 2.45) is 0 Å². The average Bonchev–Trinajstić information content (AvgIpc) is 3.27. The Morgan fingerprint density at radius 3 is 2.24 bits per heavy atom. The number of benzene rings is 2. The maximum Gasteiger partial charge on any atom is 0.113 e. The van der Waals surface area contributed by atoms with E-state index < -0.39 is 0 Å². The third kappa shape index (κ3) is 3.10. The quantitative estimate of drug-likeness (QED) is 0.726. The minimum Gasteiger partial charge on any atom is -0.303 e. The molecule has 0 saturated heterocycles. The number of hydrogen-bond donors (Lipinski definition) is 0. The Kier molecular flexibility index (Phi) is 4.14. The SMILES string of the molecule is C[C@H](c1ccc(-c2cn(C3Cc4ccccc4C3)nn2)cc1)N(C)C. The highest BCUT2D eigenvalue weighted by atomic mass is 15.4. The van der Waals surface area contributed by atoms with E-state index in [1.54, 1.807) is 0 Å². The third-order valence-electron chi connectivity index (χ3n) is 5.38. The first kappa shape index (κ1) is 16.0. The van der Waals surface area contributed by atoms with E-state index in [9.17, 15) is 0 Å². The summed E-state index contributed by atoms with van der Waals surface area (Å²) in [5.74, 6) is 0. The van der Waals surface area contributed by atoms with Gasteiger partial charge < -0.3 is 4.90 Å². The molecule has 4 rings (SSSR count). The van der Waals surface area contributed by atoms with Crippen molar-refractivity contribution < 1.29 is 0 Å². The van der Waals surface area contributed by atoms with Crippen LogP contribution in [0.5, 0.6) is 0 Å². The molecule has 1 atom stereocenters. The second kappa shape index (κ2) is 6.45. The second-order valence-electron chi connectivity index (χ2n) is 7.18. The van der Waals surface area contributed by atoms with Crippen LogP contribution in [0.3, 0.4) is 0 Å². The number of fused-ring (bicyclic) bond motifs is 1. The summed E-state index contributed by atoms with van der Waals surface area (Å²) in [6.07, 6.45) is 4.16. The highest BCUT2D eigenvalue weighted by molar-refractivity contribution is 5.58. The molecule has 1 aliphatic carbocycles. The maximum atomic E-state index is 4.41. The lowest BCUT2D eigenvalue weighted by atomic mass is 10.0. The molecule has 25 heavy (non-hydrogen) atoms. The molecule has 2 aromatic carbocycles. The average molecular weight is 332 g/mol. The summed E-state index contributed by atoms with van der Waals surface area (Å²) in [6.45, 7) is 2.21. The molecular weight excluding hydrogens is 308 g/mol. The summed E-state index contributed by atoms with van der Waals surface area (Å²) in [5.41, 5.74) is 6.25. The Morgan fingerprint density at radius 1 is 1.00 bits per heavy atom. The molecule has 0 unspecified atom stereocenters. The van der Waals surface area contributed by atoms with Gasteiger partial charge in [0.05, 0.1) is 12.2 Å². The number of nitrogens with zero attached hydrogens (tertiary/aromatic N) is 4. The maximum absolute atomic E-state index is 4.41. The molecule has 4 nitrogen and oxygen atoms in total. The Morgan fingerprint density at radius 2 is 1.64 bits per heavy atom. The van der Waals surface area contributed by atoms with Crippen LogP contribution < -0.4 is 0 Å². The van der Waals surface area contributed by atoms with Crippen molar-refractivity contribution in [3.8, 4) is 11.3 Å². The van der Waals surface area contributed by atoms with Crippen LogP contribution in [0, 0.1) is 0 Å². The first-order chi connectivity index (χ1) is 12.1. The molecule has 4 heteroatoms. The summed E-state index contributed by atoms with van der Waals surface area (Å²) in [4.78, 5) is 2.21. The van der Waals surface area contributed by atoms with Gasteiger partial charge >= 0.3 is 0 Å². The topological polar surface area (TPSA) is 34.0 Å². The van der Waals surface area contributed by atoms with E-state index in [0.29, 0.717) is 12.1 Å². The normalized spacial score (nSPS) is 15.5. The molecule has 1 aliphatic rings. The smallest absolute Gasteiger partial charge is 0.113 e. The van der Waals surface area contributed by atoms with Crippen molar-refractivity contribution >= 4 is 0 Å². The van der Waals surface area contributed by atoms with E-state index in [1.807, 2.05) is 4.68 Å². The van der Waals surface area contributed by atoms with Gasteiger partial charge in [-0.15, -0.1) is 5.10 Å². The molecule has 0 N–H and O–H groups in total. The van der Waals surface area contributed by atoms with Gasteiger partial charge in [-0.2, -0.15) is 0 Å². The van der Waals surface area contributed by atoms with Crippen LogP contribution in [-0.4, -0.2) is 34.0 Å². The first-order valence-corrected chi connectivity index (χ1v) is 8.87. The zero-order valence-electron chi connectivity index (χ0n) is 15.1. The fourth-order valence-electron chi connectivity index (χ4n) is 3.54. The fraction of sp³-hybridized carbons (Fsp3) is 0.333. The minimum absolute atomic E-state index is 0.381. The lowest BCUT2D eigenvalue weighted by molar-refractivity contribution is 0.321. The van der Waals surface area contributed by atoms with Crippen LogP contribution in [0.2, 0.25) is 0 Å². The van der Waals surface area contributed by atoms with Gasteiger partial charge in [0, 0.05) is 11.6 Å². The summed E-state index contributed by atoms with van der Waals surface area (Å²) < 4.78 is 2.03. The first-order valence-electron chi connectivity index (χ1n) is 8.87. The zero-order chi connectivity index (χ0) is 17.4. The third-order valence-corrected chi connectivity index (χ3v) is 5.38. The van der Waals surface area contributed by atoms with Crippen molar-refractivity contribution in [2.75, 3.05) is 14.1 Å². The van der Waals surface area contributed by atoms with E-state index in [-0.39, 0.29) is 0 Å². The van der Waals surface area contributed by atoms with E-state index in [2.05, 4.69) is 91.0 Å². The molecule has 1 heterocycles. The van der Waals surface area contributed by atoms with Crippen LogP contribution in [0.4, 0.5) is 0 Å². The lowest BCUT2D eigenvalue weighted by Crippen LogP contribution is -2.16. The molecule has 0 spiro atoms. The highest BCUT2D eigenvalue weighted by Crippen LogP contribution is 2.30. The van der Waals surface area contributed by atoms with Gasteiger partial charge in [0.2, 0.25) is 0 Å². The largest absolute Gasteiger partial charge is 0.303 e. The van der Waals surface area contributed by atoms with Gasteiger partial charge in [-0.3, -0.25) is 0 Å². The van der Waals surface area contributed by atoms with Gasteiger partial charge in [-0.25, -0.2) is 4.68 Å². The summed E-state index contributed by atoms with van der Waals surface area (Å²) in [7, 11) is 4.20. The van der Waals surface area contributed by atoms with Crippen LogP contribution in [0.1, 0.15) is 35.7 Å². The molecule has 128 valence electrons. The minimum atomic E-state index is 0.381. The van der Waals surface area contributed by atoms with Gasteiger partial charge in [0.15, 0.2) is 0 Å². The number of rotatable bonds is 4. The molecule has 0 bridgehead atoms. The van der Waals surface area contributed by atoms with E-state index in [0.717, 1.165) is 24.1 Å². The molecule has 0 radical (unpaired) electrons. The molecule has 1 aromatic heterocycles. The van der Waals surface area contributed by atoms with Crippen molar-refractivity contribution in [1.82, 2.24) is 19.9 Å². The Balaban J connectivity index is 1.52. The van der Waals surface area contributed by atoms with Crippen molar-refractivity contribution in [2.45, 2.75) is 31.8 Å². The Hall–Kier alpha value is -2.46. The standard InChI is InChI=1S/C21H24N4/c1-15(24(2)3)16-8-10-17(11-9-16)21-14-25(23-22-21)20-12-18-6-4-5-7-19(18)13-20/h4-11,14-15,20H,12-13H2,1-3H3/t15-/m1/s1. The predicted octanol–water partition coefficient (Wildman–Crippen LogP) is 3.91. The van der Waals surface area contributed by atoms with E-state index in [1.165, 1.54) is 16.7 Å². The van der Waals surface area contributed by atoms with Crippen LogP contribution in [0.15, 0.2) is 54.7 Å². The number of aromatic nitrogens is 3. The van der Waals surface area contributed by atoms with Crippen molar-refractivity contribution in [3.05, 3.63) is 71.4 Å². The van der Waals surface area contributed by atoms with Crippen LogP contribution in [-0.2, 0) is 12.8 Å². The molecule has 0 fully saturated rings. The summed E-state index contributed by atoms with van der Waals surface area (Å²) >= 11 is 0. The fourth-order valence-corrected chi connectivity index (χ4v) is 3.54. The van der Waals surface area contributed by atoms with E-state index in [4.69, 9.17) is 0 Å². The van der Waals surface area contributed by atoms with Gasteiger partial charge in [0.1, 0.15) is 5.69 Å². The zero-order valence-corrected chi connectivity index (χ0v) is 15.1. The number of hydrogen-bond acceptors (Lipinski definition) is 3. The Labute approximate surface area is 149 Å². The predicted molar refractivity (Wildman–Crippen MR) is 100 cm³/mol. The van der Waals surface area contributed by atoms with Gasteiger partial charge in [-0.05, 0) is 50.6 Å². The second-order valence-corrected chi connectivity index (χ2v) is 7.18. The molecule has 0 aliphatic heterocycles. The van der Waals surface area contributed by atoms with Gasteiger partial charge in [0.25, 0.3) is 0 Å². The lowest BCUT2D eigenvalue weighted by Gasteiger charge is -2.20. The summed E-state index contributed by atoms with van der Waals surface area (Å²) in [5, 5.41) is 8.81. The Bertz CT molecular complexity index is 839. The monoisotopic (exact) mass is 332 g/mol. The van der Waals surface area contributed by atoms with Crippen LogP contribution in [0.25, 0.3) is 11.3 Å². The molecular formula is C21H24N4.